The molecule has 0 radical (unpaired) electrons. The van der Waals surface area contributed by atoms with Gasteiger partial charge in [-0.3, -0.25) is 20.4 Å². The first-order valence-electron chi connectivity index (χ1n) is 9.65. The lowest BCUT2D eigenvalue weighted by molar-refractivity contribution is -0.274. The summed E-state index contributed by atoms with van der Waals surface area (Å²) in [6.45, 7) is -0.352. The Balaban J connectivity index is 1.88. The zero-order valence-corrected chi connectivity index (χ0v) is 19.5. The number of rotatable bonds is 10. The second kappa shape index (κ2) is 11.6. The van der Waals surface area contributed by atoms with Gasteiger partial charge < -0.3 is 18.9 Å². The van der Waals surface area contributed by atoms with Gasteiger partial charge in [-0.15, -0.1) is 13.2 Å². The minimum atomic E-state index is -4.91. The molecular formula is C20H22F3N3O8S. The van der Waals surface area contributed by atoms with Crippen molar-refractivity contribution >= 4 is 21.8 Å². The number of alkyl halides is 3. The molecule has 0 aliphatic heterocycles. The van der Waals surface area contributed by atoms with Gasteiger partial charge in [-0.1, -0.05) is 0 Å². The van der Waals surface area contributed by atoms with Gasteiger partial charge in [0, 0.05) is 18.5 Å². The van der Waals surface area contributed by atoms with Crippen LogP contribution in [0.25, 0.3) is 0 Å². The Morgan fingerprint density at radius 2 is 1.49 bits per heavy atom. The first kappa shape index (κ1) is 27.5. The van der Waals surface area contributed by atoms with E-state index in [2.05, 4.69) is 20.3 Å². The summed E-state index contributed by atoms with van der Waals surface area (Å²) in [5.41, 5.74) is 4.38. The summed E-state index contributed by atoms with van der Waals surface area (Å²) >= 11 is 0. The van der Waals surface area contributed by atoms with Gasteiger partial charge in [0.1, 0.15) is 5.75 Å². The van der Waals surface area contributed by atoms with E-state index in [1.54, 1.807) is 0 Å². The molecule has 0 heterocycles. The molecule has 0 unspecified atom stereocenters. The van der Waals surface area contributed by atoms with E-state index in [0.29, 0.717) is 0 Å². The average Bonchev–Trinajstić information content (AvgIpc) is 2.80. The third kappa shape index (κ3) is 7.92. The minimum Gasteiger partial charge on any atom is -0.493 e. The lowest BCUT2D eigenvalue weighted by Crippen LogP contribution is -2.42. The molecular weight excluding hydrogens is 499 g/mol. The molecule has 2 rings (SSSR count). The first-order chi connectivity index (χ1) is 16.4. The highest BCUT2D eigenvalue weighted by Gasteiger charge is 2.31. The van der Waals surface area contributed by atoms with E-state index in [1.165, 1.54) is 33.5 Å². The van der Waals surface area contributed by atoms with E-state index >= 15 is 0 Å². The molecule has 0 fully saturated rings. The predicted octanol–water partition coefficient (Wildman–Crippen LogP) is 1.74. The van der Waals surface area contributed by atoms with E-state index in [0.717, 1.165) is 24.3 Å². The van der Waals surface area contributed by atoms with Gasteiger partial charge in [-0.05, 0) is 36.4 Å². The van der Waals surface area contributed by atoms with Crippen LogP contribution in [0.2, 0.25) is 0 Å². The molecule has 0 aliphatic rings. The lowest BCUT2D eigenvalue weighted by atomic mass is 10.1. The number of halogens is 3. The lowest BCUT2D eigenvalue weighted by Gasteiger charge is -2.14. The second-order valence-electron chi connectivity index (χ2n) is 6.58. The molecule has 15 heteroatoms. The van der Waals surface area contributed by atoms with Crippen molar-refractivity contribution in [3.63, 3.8) is 0 Å². The second-order valence-corrected chi connectivity index (χ2v) is 8.35. The Hall–Kier alpha value is -3.72. The summed E-state index contributed by atoms with van der Waals surface area (Å²) in [6, 6.07) is 6.24. The van der Waals surface area contributed by atoms with Crippen LogP contribution in [0.3, 0.4) is 0 Å². The maximum absolute atomic E-state index is 12.3. The molecule has 0 saturated carbocycles. The fraction of sp³-hybridized carbons (Fsp3) is 0.300. The van der Waals surface area contributed by atoms with Gasteiger partial charge >= 0.3 is 6.36 Å². The highest BCUT2D eigenvalue weighted by atomic mass is 32.2. The van der Waals surface area contributed by atoms with Crippen LogP contribution in [-0.2, 0) is 14.8 Å². The van der Waals surface area contributed by atoms with E-state index < -0.39 is 33.9 Å². The maximum Gasteiger partial charge on any atom is 0.573 e. The highest BCUT2D eigenvalue weighted by molar-refractivity contribution is 7.89. The van der Waals surface area contributed by atoms with Gasteiger partial charge in [0.25, 0.3) is 5.91 Å². The number of carbonyl (C=O) groups excluding carboxylic acids is 2. The highest BCUT2D eigenvalue weighted by Crippen LogP contribution is 2.38. The Morgan fingerprint density at radius 1 is 0.914 bits per heavy atom. The third-order valence-electron chi connectivity index (χ3n) is 4.25. The molecule has 2 amide bonds. The van der Waals surface area contributed by atoms with Gasteiger partial charge in [-0.2, -0.15) is 0 Å². The van der Waals surface area contributed by atoms with Crippen LogP contribution in [-0.4, -0.2) is 54.5 Å². The standard InChI is InChI=1S/C20H22F3N3O8S/c1-31-15-10-12(11-16(32-2)18(15)33-3)19(28)26-25-17(27)8-9-24-35(29,30)14-6-4-13(5-7-14)34-20(21,22)23/h4-7,10-11,24H,8-9H2,1-3H3,(H,25,27)(H,26,28). The van der Waals surface area contributed by atoms with Crippen molar-refractivity contribution in [2.45, 2.75) is 17.7 Å². The van der Waals surface area contributed by atoms with Crippen LogP contribution in [0.4, 0.5) is 13.2 Å². The number of carbonyl (C=O) groups is 2. The van der Waals surface area contributed by atoms with Crippen molar-refractivity contribution in [1.29, 1.82) is 0 Å². The van der Waals surface area contributed by atoms with E-state index in [9.17, 15) is 31.2 Å². The van der Waals surface area contributed by atoms with E-state index in [4.69, 9.17) is 14.2 Å². The number of hydrazine groups is 1. The number of amides is 2. The number of benzene rings is 2. The summed E-state index contributed by atoms with van der Waals surface area (Å²) in [6.07, 6.45) is -5.27. The minimum absolute atomic E-state index is 0.0819. The third-order valence-corrected chi connectivity index (χ3v) is 5.73. The Bertz CT molecular complexity index is 1130. The van der Waals surface area contributed by atoms with Crippen molar-refractivity contribution in [2.24, 2.45) is 0 Å². The van der Waals surface area contributed by atoms with Crippen molar-refractivity contribution in [2.75, 3.05) is 27.9 Å². The average molecular weight is 521 g/mol. The van der Waals surface area contributed by atoms with Crippen molar-refractivity contribution < 1.29 is 50.1 Å². The topological polar surface area (TPSA) is 141 Å². The van der Waals surface area contributed by atoms with Gasteiger partial charge in [-0.25, -0.2) is 13.1 Å². The summed E-state index contributed by atoms with van der Waals surface area (Å²) < 4.78 is 82.3. The number of hydrogen-bond donors (Lipinski definition) is 3. The molecule has 192 valence electrons. The Morgan fingerprint density at radius 3 is 1.97 bits per heavy atom. The van der Waals surface area contributed by atoms with Crippen molar-refractivity contribution in [3.05, 3.63) is 42.0 Å². The fourth-order valence-electron chi connectivity index (χ4n) is 2.68. The first-order valence-corrected chi connectivity index (χ1v) is 11.1. The SMILES string of the molecule is COc1cc(C(=O)NNC(=O)CCNS(=O)(=O)c2ccc(OC(F)(F)F)cc2)cc(OC)c1OC. The molecule has 35 heavy (non-hydrogen) atoms. The number of hydrogen-bond acceptors (Lipinski definition) is 8. The predicted molar refractivity (Wildman–Crippen MR) is 115 cm³/mol. The molecule has 11 nitrogen and oxygen atoms in total. The van der Waals surface area contributed by atoms with Crippen LogP contribution in [0.15, 0.2) is 41.3 Å². The molecule has 0 aromatic heterocycles. The zero-order valence-electron chi connectivity index (χ0n) is 18.7. The van der Waals surface area contributed by atoms with Crippen molar-refractivity contribution in [3.8, 4) is 23.0 Å². The largest absolute Gasteiger partial charge is 0.573 e. The molecule has 0 saturated heterocycles. The number of methoxy groups -OCH3 is 3. The quantitative estimate of drug-likeness (QED) is 0.402. The van der Waals surface area contributed by atoms with Crippen LogP contribution >= 0.6 is 0 Å². The number of sulfonamides is 1. The number of nitrogens with one attached hydrogen (secondary N) is 3. The molecule has 0 atom stereocenters. The smallest absolute Gasteiger partial charge is 0.493 e. The number of ether oxygens (including phenoxy) is 4. The van der Waals surface area contributed by atoms with Crippen LogP contribution < -0.4 is 34.5 Å². The van der Waals surface area contributed by atoms with Crippen LogP contribution in [0, 0.1) is 0 Å². The van der Waals surface area contributed by atoms with Gasteiger partial charge in [0.2, 0.25) is 21.7 Å². The molecule has 2 aromatic carbocycles. The van der Waals surface area contributed by atoms with Gasteiger partial charge in [0.05, 0.1) is 26.2 Å². The molecule has 0 spiro atoms. The van der Waals surface area contributed by atoms with Crippen LogP contribution in [0.1, 0.15) is 16.8 Å². The molecule has 0 bridgehead atoms. The Labute approximate surface area is 198 Å². The fourth-order valence-corrected chi connectivity index (χ4v) is 3.71. The summed E-state index contributed by atoms with van der Waals surface area (Å²) in [5, 5.41) is 0. The normalized spacial score (nSPS) is 11.4. The molecule has 2 aromatic rings. The van der Waals surface area contributed by atoms with E-state index in [1.807, 2.05) is 0 Å². The summed E-state index contributed by atoms with van der Waals surface area (Å²) in [4.78, 5) is 24.0. The van der Waals surface area contributed by atoms with Crippen LogP contribution in [0.5, 0.6) is 23.0 Å². The maximum atomic E-state index is 12.3. The summed E-state index contributed by atoms with van der Waals surface area (Å²) in [5.74, 6) is -1.31. The monoisotopic (exact) mass is 521 g/mol. The molecule has 3 N–H and O–H groups in total. The molecule has 0 aliphatic carbocycles. The summed E-state index contributed by atoms with van der Waals surface area (Å²) in [7, 11) is 0.0234. The Kier molecular flexibility index (Phi) is 9.13. The van der Waals surface area contributed by atoms with Crippen molar-refractivity contribution in [1.82, 2.24) is 15.6 Å². The van der Waals surface area contributed by atoms with E-state index in [-0.39, 0.29) is 40.7 Å². The van der Waals surface area contributed by atoms with Gasteiger partial charge in [0.15, 0.2) is 11.5 Å². The zero-order chi connectivity index (χ0) is 26.2.